The van der Waals surface area contributed by atoms with Gasteiger partial charge in [0.15, 0.2) is 0 Å². The lowest BCUT2D eigenvalue weighted by Crippen LogP contribution is -2.08. The maximum atomic E-state index is 11.9. The number of fused-ring (bicyclic) bond motifs is 7. The number of hydrogen-bond acceptors (Lipinski definition) is 4. The molecule has 2 aromatic heterocycles. The Bertz CT molecular complexity index is 1730. The van der Waals surface area contributed by atoms with Crippen LogP contribution in [0.1, 0.15) is 53.9 Å². The number of rotatable bonds is 4. The smallest absolute Gasteiger partial charge is 0.335 e. The Hall–Kier alpha value is -4.32. The average molecular weight is 518 g/mol. The molecule has 7 rings (SSSR count). The predicted octanol–water partition coefficient (Wildman–Crippen LogP) is 7.70. The third-order valence-corrected chi connectivity index (χ3v) is 8.51. The third kappa shape index (κ3) is 3.94. The van der Waals surface area contributed by atoms with Crippen LogP contribution in [-0.4, -0.2) is 34.3 Å². The monoisotopic (exact) mass is 517 g/mol. The number of carboxylic acids is 1. The van der Waals surface area contributed by atoms with E-state index in [-0.39, 0.29) is 0 Å². The first-order chi connectivity index (χ1) is 19.1. The molecule has 0 radical (unpaired) electrons. The molecule has 39 heavy (non-hydrogen) atoms. The summed E-state index contributed by atoms with van der Waals surface area (Å²) in [6, 6.07) is 22.3. The molecule has 6 heteroatoms. The number of aromatic carboxylic acids is 1. The normalized spacial score (nSPS) is 15.4. The van der Waals surface area contributed by atoms with Gasteiger partial charge in [-0.1, -0.05) is 25.3 Å². The predicted molar refractivity (Wildman–Crippen MR) is 156 cm³/mol. The Balaban J connectivity index is 1.43. The highest BCUT2D eigenvalue weighted by molar-refractivity contribution is 6.05. The van der Waals surface area contributed by atoms with Gasteiger partial charge < -0.3 is 19.7 Å². The van der Waals surface area contributed by atoms with Gasteiger partial charge in [0.25, 0.3) is 0 Å². The molecule has 0 amide bonds. The zero-order valence-electron chi connectivity index (χ0n) is 22.0. The number of nitrogens with zero attached hydrogens (tertiary/aromatic N) is 2. The van der Waals surface area contributed by atoms with Gasteiger partial charge in [0.1, 0.15) is 5.75 Å². The second kappa shape index (κ2) is 9.45. The van der Waals surface area contributed by atoms with Gasteiger partial charge in [-0.25, -0.2) is 9.78 Å². The van der Waals surface area contributed by atoms with E-state index in [9.17, 15) is 9.90 Å². The Morgan fingerprint density at radius 2 is 1.77 bits per heavy atom. The summed E-state index contributed by atoms with van der Waals surface area (Å²) in [5, 5.41) is 15.7. The van der Waals surface area contributed by atoms with Crippen LogP contribution >= 0.6 is 0 Å². The quantitative estimate of drug-likeness (QED) is 0.255. The van der Waals surface area contributed by atoms with Crippen molar-refractivity contribution >= 4 is 33.5 Å². The van der Waals surface area contributed by atoms with Crippen molar-refractivity contribution in [2.24, 2.45) is 0 Å². The van der Waals surface area contributed by atoms with E-state index in [1.165, 1.54) is 54.3 Å². The van der Waals surface area contributed by atoms with E-state index < -0.39 is 5.97 Å². The molecule has 0 spiro atoms. The van der Waals surface area contributed by atoms with Gasteiger partial charge in [-0.2, -0.15) is 0 Å². The van der Waals surface area contributed by atoms with Gasteiger partial charge in [0.05, 0.1) is 35.3 Å². The van der Waals surface area contributed by atoms with E-state index in [4.69, 9.17) is 9.72 Å². The highest BCUT2D eigenvalue weighted by Crippen LogP contribution is 2.48. The Morgan fingerprint density at radius 3 is 2.54 bits per heavy atom. The van der Waals surface area contributed by atoms with Gasteiger partial charge in [-0.05, 0) is 85.0 Å². The molecule has 196 valence electrons. The van der Waals surface area contributed by atoms with Crippen LogP contribution in [0.4, 0.5) is 5.69 Å². The molecule has 1 fully saturated rings. The lowest BCUT2D eigenvalue weighted by molar-refractivity contribution is 0.0697. The topological polar surface area (TPSA) is 76.4 Å². The fourth-order valence-corrected chi connectivity index (χ4v) is 6.64. The van der Waals surface area contributed by atoms with Gasteiger partial charge in [0.2, 0.25) is 0 Å². The van der Waals surface area contributed by atoms with Crippen LogP contribution in [0.2, 0.25) is 0 Å². The molecule has 5 aromatic rings. The Kier molecular flexibility index (Phi) is 5.76. The average Bonchev–Trinajstić information content (AvgIpc) is 3.17. The number of aromatic nitrogens is 2. The van der Waals surface area contributed by atoms with E-state index >= 15 is 0 Å². The molecular formula is C33H31N3O3. The number of methoxy groups -OCH3 is 1. The van der Waals surface area contributed by atoms with Crippen molar-refractivity contribution in [3.05, 3.63) is 77.9 Å². The SMILES string of the molecule is COc1ccc(-c2ccc3c4c(ccc3n2)-c2c(C3CCCCC3)c3ccc(C(=O)O)cc3n2CCN4)cc1. The van der Waals surface area contributed by atoms with E-state index in [1.54, 1.807) is 13.2 Å². The molecule has 2 N–H and O–H groups in total. The molecule has 1 saturated carbocycles. The van der Waals surface area contributed by atoms with Gasteiger partial charge in [-0.3, -0.25) is 0 Å². The lowest BCUT2D eigenvalue weighted by atomic mass is 9.81. The highest BCUT2D eigenvalue weighted by atomic mass is 16.5. The van der Waals surface area contributed by atoms with Crippen LogP contribution in [0.15, 0.2) is 66.7 Å². The Labute approximate surface area is 227 Å². The number of benzene rings is 3. The molecule has 3 heterocycles. The molecule has 0 bridgehead atoms. The fraction of sp³-hybridized carbons (Fsp3) is 0.273. The van der Waals surface area contributed by atoms with Crippen LogP contribution in [0.5, 0.6) is 5.75 Å². The zero-order valence-corrected chi connectivity index (χ0v) is 22.0. The number of nitrogens with one attached hydrogen (secondary N) is 1. The molecular weight excluding hydrogens is 486 g/mol. The molecule has 0 saturated heterocycles. The van der Waals surface area contributed by atoms with Crippen LogP contribution < -0.4 is 10.1 Å². The summed E-state index contributed by atoms with van der Waals surface area (Å²) in [7, 11) is 1.67. The van der Waals surface area contributed by atoms with E-state index in [0.717, 1.165) is 52.2 Å². The Morgan fingerprint density at radius 1 is 0.974 bits per heavy atom. The molecule has 0 unspecified atom stereocenters. The number of pyridine rings is 1. The fourth-order valence-electron chi connectivity index (χ4n) is 6.64. The van der Waals surface area contributed by atoms with Crippen LogP contribution in [0, 0.1) is 0 Å². The number of carbonyl (C=O) groups is 1. The van der Waals surface area contributed by atoms with E-state index in [1.807, 2.05) is 36.4 Å². The van der Waals surface area contributed by atoms with Crippen molar-refractivity contribution in [1.82, 2.24) is 9.55 Å². The first kappa shape index (κ1) is 23.8. The molecule has 3 aromatic carbocycles. The molecule has 2 aliphatic rings. The molecule has 1 aliphatic carbocycles. The second-order valence-corrected chi connectivity index (χ2v) is 10.7. The second-order valence-electron chi connectivity index (χ2n) is 10.7. The van der Waals surface area contributed by atoms with Crippen molar-refractivity contribution in [3.63, 3.8) is 0 Å². The summed E-state index contributed by atoms with van der Waals surface area (Å²) in [6.45, 7) is 1.53. The zero-order chi connectivity index (χ0) is 26.5. The standard InChI is InChI=1S/C33H31N3O3/c1-39-23-10-7-20(8-11-23)27-15-13-24-28(35-27)16-14-26-31(24)34-17-18-36-29-19-22(33(37)38)9-12-25(29)30(32(26)36)21-5-3-2-4-6-21/h7-16,19,21,34H,2-6,17-18H2,1H3,(H,37,38). The minimum absolute atomic E-state index is 0.337. The van der Waals surface area contributed by atoms with Gasteiger partial charge in [-0.15, -0.1) is 0 Å². The summed E-state index contributed by atoms with van der Waals surface area (Å²) in [4.78, 5) is 16.9. The number of hydrogen-bond donors (Lipinski definition) is 2. The maximum absolute atomic E-state index is 11.9. The molecule has 0 atom stereocenters. The first-order valence-electron chi connectivity index (χ1n) is 13.8. The van der Waals surface area contributed by atoms with Crippen LogP contribution in [0.25, 0.3) is 44.3 Å². The van der Waals surface area contributed by atoms with Crippen molar-refractivity contribution in [1.29, 1.82) is 0 Å². The van der Waals surface area contributed by atoms with Crippen molar-refractivity contribution < 1.29 is 14.6 Å². The highest BCUT2D eigenvalue weighted by Gasteiger charge is 2.29. The number of anilines is 1. The summed E-state index contributed by atoms with van der Waals surface area (Å²) >= 11 is 0. The van der Waals surface area contributed by atoms with Crippen molar-refractivity contribution in [2.75, 3.05) is 19.0 Å². The van der Waals surface area contributed by atoms with Crippen LogP contribution in [-0.2, 0) is 6.54 Å². The number of ether oxygens (including phenoxy) is 1. The van der Waals surface area contributed by atoms with Crippen LogP contribution in [0.3, 0.4) is 0 Å². The van der Waals surface area contributed by atoms with Crippen molar-refractivity contribution in [3.8, 4) is 28.3 Å². The lowest BCUT2D eigenvalue weighted by Gasteiger charge is -2.24. The summed E-state index contributed by atoms with van der Waals surface area (Å²) in [5.74, 6) is 0.419. The van der Waals surface area contributed by atoms with Gasteiger partial charge >= 0.3 is 5.97 Å². The van der Waals surface area contributed by atoms with E-state index in [2.05, 4.69) is 34.1 Å². The summed E-state index contributed by atoms with van der Waals surface area (Å²) in [6.07, 6.45) is 6.13. The minimum Gasteiger partial charge on any atom is -0.497 e. The molecule has 1 aliphatic heterocycles. The van der Waals surface area contributed by atoms with E-state index in [0.29, 0.717) is 11.5 Å². The summed E-state index contributed by atoms with van der Waals surface area (Å²) in [5.41, 5.74) is 9.19. The minimum atomic E-state index is -0.886. The maximum Gasteiger partial charge on any atom is 0.335 e. The molecule has 6 nitrogen and oxygen atoms in total. The van der Waals surface area contributed by atoms with Crippen molar-refractivity contribution in [2.45, 2.75) is 44.6 Å². The summed E-state index contributed by atoms with van der Waals surface area (Å²) < 4.78 is 7.67. The largest absolute Gasteiger partial charge is 0.497 e. The third-order valence-electron chi connectivity index (χ3n) is 8.51. The first-order valence-corrected chi connectivity index (χ1v) is 13.8. The van der Waals surface area contributed by atoms with Gasteiger partial charge in [0, 0.05) is 40.5 Å². The number of carboxylic acid groups (broad SMARTS) is 1.